The maximum absolute atomic E-state index is 13.0. The van der Waals surface area contributed by atoms with Crippen molar-refractivity contribution in [1.82, 2.24) is 14.7 Å². The zero-order valence-electron chi connectivity index (χ0n) is 16.1. The van der Waals surface area contributed by atoms with E-state index in [0.717, 1.165) is 32.4 Å². The van der Waals surface area contributed by atoms with Gasteiger partial charge in [0.2, 0.25) is 5.95 Å². The number of rotatable bonds is 1. The summed E-state index contributed by atoms with van der Waals surface area (Å²) in [7, 11) is 0. The Labute approximate surface area is 168 Å². The Kier molecular flexibility index (Phi) is 3.96. The number of hydrogen-bond acceptors (Lipinski definition) is 6. The van der Waals surface area contributed by atoms with Crippen LogP contribution >= 0.6 is 0 Å². The molecule has 28 heavy (non-hydrogen) atoms. The smallest absolute Gasteiger partial charge is 0.226 e. The van der Waals surface area contributed by atoms with Crippen LogP contribution in [0.2, 0.25) is 0 Å². The number of nitriles is 1. The highest BCUT2D eigenvalue weighted by Gasteiger charge is 2.56. The second-order valence-electron chi connectivity index (χ2n) is 8.59. The van der Waals surface area contributed by atoms with Gasteiger partial charge < -0.3 is 9.45 Å². The molecule has 2 atom stereocenters. The van der Waals surface area contributed by atoms with Crippen molar-refractivity contribution < 1.29 is 4.55 Å². The number of anilines is 1. The fourth-order valence-corrected chi connectivity index (χ4v) is 6.39. The lowest BCUT2D eigenvalue weighted by molar-refractivity contribution is 0.172. The van der Waals surface area contributed by atoms with Crippen LogP contribution in [0.15, 0.2) is 30.5 Å². The molecule has 1 aromatic carbocycles. The molecule has 7 heteroatoms. The molecule has 0 amide bonds. The molecule has 1 N–H and O–H groups in total. The molecule has 144 valence electrons. The molecular weight excluding hydrogens is 370 g/mol. The number of nitrogens with one attached hydrogen (secondary N) is 1. The summed E-state index contributed by atoms with van der Waals surface area (Å²) >= 11 is -1.11. The van der Waals surface area contributed by atoms with Crippen molar-refractivity contribution in [3.63, 3.8) is 0 Å². The molecule has 0 bridgehead atoms. The molecule has 0 saturated carbocycles. The molecule has 6 nitrogen and oxygen atoms in total. The molecule has 1 unspecified atom stereocenters. The average molecular weight is 394 g/mol. The van der Waals surface area contributed by atoms with Crippen LogP contribution in [-0.2, 0) is 22.5 Å². The van der Waals surface area contributed by atoms with Gasteiger partial charge in [-0.3, -0.25) is 0 Å². The summed E-state index contributed by atoms with van der Waals surface area (Å²) < 4.78 is 16.1. The first-order chi connectivity index (χ1) is 13.4. The number of fused-ring (bicyclic) bond motifs is 1. The van der Waals surface area contributed by atoms with Crippen LogP contribution in [0.1, 0.15) is 55.1 Å². The highest BCUT2D eigenvalue weighted by molar-refractivity contribution is 7.90. The van der Waals surface area contributed by atoms with E-state index in [0.29, 0.717) is 11.6 Å². The summed E-state index contributed by atoms with van der Waals surface area (Å²) in [5, 5.41) is 9.10. The summed E-state index contributed by atoms with van der Waals surface area (Å²) in [5.41, 5.74) is 4.49. The maximum Gasteiger partial charge on any atom is 0.226 e. The second-order valence-corrected chi connectivity index (χ2v) is 10.4. The third-order valence-electron chi connectivity index (χ3n) is 6.78. The molecule has 0 radical (unpaired) electrons. The minimum Gasteiger partial charge on any atom is -0.597 e. The van der Waals surface area contributed by atoms with Crippen molar-refractivity contribution in [3.8, 4) is 6.07 Å². The highest BCUT2D eigenvalue weighted by Crippen LogP contribution is 2.57. The van der Waals surface area contributed by atoms with Crippen molar-refractivity contribution in [2.45, 2.75) is 43.9 Å². The fourth-order valence-electron chi connectivity index (χ4n) is 5.14. The van der Waals surface area contributed by atoms with Gasteiger partial charge >= 0.3 is 0 Å². The average Bonchev–Trinajstić information content (AvgIpc) is 3.00. The van der Waals surface area contributed by atoms with E-state index < -0.39 is 11.4 Å². The number of piperidine rings is 1. The Balaban J connectivity index is 1.44. The Bertz CT molecular complexity index is 977. The van der Waals surface area contributed by atoms with E-state index >= 15 is 0 Å². The van der Waals surface area contributed by atoms with Crippen LogP contribution in [0.25, 0.3) is 0 Å². The van der Waals surface area contributed by atoms with Gasteiger partial charge in [0.15, 0.2) is 4.75 Å². The van der Waals surface area contributed by atoms with Crippen LogP contribution in [-0.4, -0.2) is 27.6 Å². The molecular formula is C21H23N5OS. The monoisotopic (exact) mass is 393 g/mol. The molecule has 5 rings (SSSR count). The molecule has 1 aromatic heterocycles. The van der Waals surface area contributed by atoms with Crippen molar-refractivity contribution in [1.29, 1.82) is 5.26 Å². The predicted molar refractivity (Wildman–Crippen MR) is 108 cm³/mol. The minimum atomic E-state index is -1.11. The van der Waals surface area contributed by atoms with E-state index in [2.05, 4.69) is 57.7 Å². The zero-order chi connectivity index (χ0) is 19.5. The van der Waals surface area contributed by atoms with Crippen molar-refractivity contribution in [2.24, 2.45) is 5.41 Å². The highest BCUT2D eigenvalue weighted by atomic mass is 32.2. The third kappa shape index (κ3) is 2.48. The molecule has 2 aromatic rings. The number of aromatic nitrogens is 2. The van der Waals surface area contributed by atoms with E-state index in [1.165, 1.54) is 16.7 Å². The molecule has 3 heterocycles. The van der Waals surface area contributed by atoms with Crippen LogP contribution < -0.4 is 9.62 Å². The van der Waals surface area contributed by atoms with E-state index in [9.17, 15) is 4.55 Å². The van der Waals surface area contributed by atoms with Gasteiger partial charge in [-0.1, -0.05) is 18.2 Å². The topological polar surface area (TPSA) is 87.9 Å². The lowest BCUT2D eigenvalue weighted by Gasteiger charge is -2.46. The van der Waals surface area contributed by atoms with Gasteiger partial charge in [-0.2, -0.15) is 5.26 Å². The molecule has 1 saturated heterocycles. The molecule has 1 fully saturated rings. The maximum atomic E-state index is 13.0. The fraction of sp³-hybridized carbons (Fsp3) is 0.476. The summed E-state index contributed by atoms with van der Waals surface area (Å²) in [6.07, 6.45) is 4.64. The Hall–Kier alpha value is -2.14. The number of benzene rings is 1. The minimum absolute atomic E-state index is 0.0773. The SMILES string of the molecule is CC1(C)c2cccc3c2[C@@H](N[S+]1[O-])C1(CCN(c2nccc(C#N)n2)CC1)C3. The van der Waals surface area contributed by atoms with Crippen LogP contribution in [0.4, 0.5) is 5.95 Å². The van der Waals surface area contributed by atoms with Crippen LogP contribution in [0, 0.1) is 16.7 Å². The quantitative estimate of drug-likeness (QED) is 0.750. The van der Waals surface area contributed by atoms with E-state index in [1.54, 1.807) is 12.3 Å². The Morgan fingerprint density at radius 2 is 2.07 bits per heavy atom. The first-order valence-electron chi connectivity index (χ1n) is 9.73. The lowest BCUT2D eigenvalue weighted by atomic mass is 9.72. The summed E-state index contributed by atoms with van der Waals surface area (Å²) in [6, 6.07) is 10.4. The van der Waals surface area contributed by atoms with Gasteiger partial charge in [0.25, 0.3) is 0 Å². The van der Waals surface area contributed by atoms with Gasteiger partial charge in [0, 0.05) is 41.6 Å². The van der Waals surface area contributed by atoms with Gasteiger partial charge in [0.1, 0.15) is 11.8 Å². The van der Waals surface area contributed by atoms with Gasteiger partial charge in [-0.25, -0.2) is 9.97 Å². The standard InChI is InChI=1S/C21H23N5OS/c1-20(2)16-5-3-4-14-12-21(18(17(14)16)25-28(20)27)7-10-26(11-8-21)19-23-9-6-15(13-22)24-19/h3-6,9,18,25H,7-8,10-12H2,1-2H3/t18-,28?/m1/s1. The van der Waals surface area contributed by atoms with Crippen molar-refractivity contribution >= 4 is 17.3 Å². The van der Waals surface area contributed by atoms with Crippen LogP contribution in [0.5, 0.6) is 0 Å². The van der Waals surface area contributed by atoms with Crippen molar-refractivity contribution in [3.05, 3.63) is 52.8 Å². The summed E-state index contributed by atoms with van der Waals surface area (Å²) in [5.74, 6) is 0.631. The normalized spacial score (nSPS) is 26.7. The zero-order valence-corrected chi connectivity index (χ0v) is 16.9. The van der Waals surface area contributed by atoms with E-state index in [1.807, 2.05) is 0 Å². The van der Waals surface area contributed by atoms with Gasteiger partial charge in [0.05, 0.1) is 6.04 Å². The second kappa shape index (κ2) is 6.18. The molecule has 2 aliphatic heterocycles. The summed E-state index contributed by atoms with van der Waals surface area (Å²) in [6.45, 7) is 5.81. The lowest BCUT2D eigenvalue weighted by Crippen LogP contribution is -2.53. The first kappa shape index (κ1) is 17.9. The van der Waals surface area contributed by atoms with E-state index in [-0.39, 0.29) is 16.2 Å². The largest absolute Gasteiger partial charge is 0.597 e. The third-order valence-corrected chi connectivity index (χ3v) is 8.37. The molecule has 3 aliphatic rings. The van der Waals surface area contributed by atoms with Gasteiger partial charge in [-0.15, -0.1) is 4.72 Å². The van der Waals surface area contributed by atoms with Gasteiger partial charge in [-0.05, 0) is 50.3 Å². The Morgan fingerprint density at radius 1 is 1.29 bits per heavy atom. The molecule has 1 spiro atoms. The summed E-state index contributed by atoms with van der Waals surface area (Å²) in [4.78, 5) is 10.9. The number of nitrogens with zero attached hydrogens (tertiary/aromatic N) is 4. The molecule has 1 aliphatic carbocycles. The Morgan fingerprint density at radius 3 is 2.82 bits per heavy atom. The predicted octanol–water partition coefficient (Wildman–Crippen LogP) is 2.73. The number of hydrogen-bond donors (Lipinski definition) is 1. The first-order valence-corrected chi connectivity index (χ1v) is 10.9. The van der Waals surface area contributed by atoms with Crippen LogP contribution in [0.3, 0.4) is 0 Å². The van der Waals surface area contributed by atoms with E-state index in [4.69, 9.17) is 5.26 Å². The van der Waals surface area contributed by atoms with Crippen molar-refractivity contribution in [2.75, 3.05) is 18.0 Å².